The minimum absolute atomic E-state index is 0.0335. The highest BCUT2D eigenvalue weighted by Gasteiger charge is 2.46. The average Bonchev–Trinajstić information content (AvgIpc) is 2.68. The zero-order valence-electron chi connectivity index (χ0n) is 10.4. The van der Waals surface area contributed by atoms with Crippen molar-refractivity contribution in [3.05, 3.63) is 30.1 Å². The third kappa shape index (κ3) is 2.08. The van der Waals surface area contributed by atoms with E-state index in [0.717, 1.165) is 0 Å². The summed E-state index contributed by atoms with van der Waals surface area (Å²) >= 11 is 0. The number of rotatable bonds is 3. The molecule has 1 aromatic heterocycles. The number of carbonyl (C=O) groups excluding carboxylic acids is 1. The van der Waals surface area contributed by atoms with Crippen molar-refractivity contribution in [1.29, 1.82) is 0 Å². The molecule has 2 heterocycles. The van der Waals surface area contributed by atoms with Crippen LogP contribution in [0.5, 0.6) is 0 Å². The molecule has 0 aromatic carbocycles. The van der Waals surface area contributed by atoms with E-state index in [1.165, 1.54) is 0 Å². The fourth-order valence-corrected chi connectivity index (χ4v) is 2.49. The molecule has 1 aromatic rings. The Balaban J connectivity index is 2.43. The zero-order chi connectivity index (χ0) is 13.3. The first-order valence-electron chi connectivity index (χ1n) is 5.97. The van der Waals surface area contributed by atoms with Gasteiger partial charge in [-0.2, -0.15) is 0 Å². The molecule has 2 unspecified atom stereocenters. The molecule has 1 saturated heterocycles. The lowest BCUT2D eigenvalue weighted by Gasteiger charge is -2.29. The molecule has 1 N–H and O–H groups in total. The number of hydrogen-bond donors (Lipinski definition) is 1. The van der Waals surface area contributed by atoms with Gasteiger partial charge in [0.1, 0.15) is 0 Å². The first kappa shape index (κ1) is 12.5. The fraction of sp³-hybridized carbons (Fsp3) is 0.462. The molecule has 1 amide bonds. The van der Waals surface area contributed by atoms with E-state index < -0.39 is 17.9 Å². The van der Waals surface area contributed by atoms with Gasteiger partial charge in [0.25, 0.3) is 0 Å². The summed E-state index contributed by atoms with van der Waals surface area (Å²) in [4.78, 5) is 29.1. The lowest BCUT2D eigenvalue weighted by atomic mass is 9.97. The van der Waals surface area contributed by atoms with Crippen molar-refractivity contribution < 1.29 is 14.7 Å². The lowest BCUT2D eigenvalue weighted by molar-refractivity contribution is -0.142. The molecule has 0 saturated carbocycles. The molecule has 18 heavy (non-hydrogen) atoms. The van der Waals surface area contributed by atoms with E-state index >= 15 is 0 Å². The number of pyridine rings is 1. The standard InChI is InChI=1S/C13H16N2O3/c1-8(2)15-11(16)7-9(13(17)18)12(15)10-5-3-4-6-14-10/h3-6,8-9,12H,7H2,1-2H3,(H,17,18). The van der Waals surface area contributed by atoms with Gasteiger partial charge in [0.15, 0.2) is 0 Å². The summed E-state index contributed by atoms with van der Waals surface area (Å²) in [6, 6.07) is 4.86. The first-order valence-corrected chi connectivity index (χ1v) is 5.97. The molecule has 5 heteroatoms. The van der Waals surface area contributed by atoms with Gasteiger partial charge in [0, 0.05) is 18.7 Å². The first-order chi connectivity index (χ1) is 8.52. The van der Waals surface area contributed by atoms with Crippen LogP contribution in [0, 0.1) is 5.92 Å². The monoisotopic (exact) mass is 248 g/mol. The van der Waals surface area contributed by atoms with E-state index in [4.69, 9.17) is 0 Å². The van der Waals surface area contributed by atoms with Crippen LogP contribution in [0.3, 0.4) is 0 Å². The van der Waals surface area contributed by atoms with Crippen molar-refractivity contribution in [3.63, 3.8) is 0 Å². The second-order valence-corrected chi connectivity index (χ2v) is 4.74. The summed E-state index contributed by atoms with van der Waals surface area (Å²) < 4.78 is 0. The number of aliphatic carboxylic acids is 1. The predicted octanol–water partition coefficient (Wildman–Crippen LogP) is 1.46. The molecule has 1 fully saturated rings. The van der Waals surface area contributed by atoms with Gasteiger partial charge in [-0.05, 0) is 26.0 Å². The number of likely N-dealkylation sites (tertiary alicyclic amines) is 1. The van der Waals surface area contributed by atoms with Crippen LogP contribution in [0.1, 0.15) is 32.0 Å². The van der Waals surface area contributed by atoms with E-state index in [1.807, 2.05) is 19.9 Å². The second-order valence-electron chi connectivity index (χ2n) is 4.74. The van der Waals surface area contributed by atoms with Crippen molar-refractivity contribution in [1.82, 2.24) is 9.88 Å². The Hall–Kier alpha value is -1.91. The topological polar surface area (TPSA) is 70.5 Å². The Morgan fingerprint density at radius 3 is 2.72 bits per heavy atom. The van der Waals surface area contributed by atoms with Crippen LogP contribution >= 0.6 is 0 Å². The van der Waals surface area contributed by atoms with Crippen LogP contribution in [0.4, 0.5) is 0 Å². The van der Waals surface area contributed by atoms with Crippen molar-refractivity contribution in [2.24, 2.45) is 5.92 Å². The third-order valence-electron chi connectivity index (χ3n) is 3.23. The molecule has 5 nitrogen and oxygen atoms in total. The number of carboxylic acid groups (broad SMARTS) is 1. The summed E-state index contributed by atoms with van der Waals surface area (Å²) in [6.07, 6.45) is 1.67. The number of carbonyl (C=O) groups is 2. The lowest BCUT2D eigenvalue weighted by Crippen LogP contribution is -2.36. The summed E-state index contributed by atoms with van der Waals surface area (Å²) in [6.45, 7) is 3.77. The van der Waals surface area contributed by atoms with Crippen LogP contribution < -0.4 is 0 Å². The van der Waals surface area contributed by atoms with E-state index in [2.05, 4.69) is 4.98 Å². The molecule has 0 aliphatic carbocycles. The molecule has 0 bridgehead atoms. The molecule has 1 aliphatic rings. The van der Waals surface area contributed by atoms with E-state index in [9.17, 15) is 14.7 Å². The van der Waals surface area contributed by atoms with Crippen LogP contribution in [-0.4, -0.2) is 32.9 Å². The van der Waals surface area contributed by atoms with Gasteiger partial charge in [0.2, 0.25) is 5.91 Å². The van der Waals surface area contributed by atoms with Crippen molar-refractivity contribution in [2.75, 3.05) is 0 Å². The van der Waals surface area contributed by atoms with E-state index in [0.29, 0.717) is 5.69 Å². The Bertz CT molecular complexity index is 459. The highest BCUT2D eigenvalue weighted by Crippen LogP contribution is 2.38. The Kier molecular flexibility index (Phi) is 3.32. The molecule has 2 atom stereocenters. The summed E-state index contributed by atoms with van der Waals surface area (Å²) in [5.41, 5.74) is 0.643. The van der Waals surface area contributed by atoms with Crippen LogP contribution in [-0.2, 0) is 9.59 Å². The normalized spacial score (nSPS) is 23.7. The maximum absolute atomic E-state index is 11.9. The quantitative estimate of drug-likeness (QED) is 0.879. The molecule has 1 aliphatic heterocycles. The molecule has 96 valence electrons. The van der Waals surface area contributed by atoms with Crippen LogP contribution in [0.15, 0.2) is 24.4 Å². The van der Waals surface area contributed by atoms with Gasteiger partial charge in [-0.3, -0.25) is 14.6 Å². The second kappa shape index (κ2) is 4.76. The van der Waals surface area contributed by atoms with Crippen LogP contribution in [0.25, 0.3) is 0 Å². The number of nitrogens with zero attached hydrogens (tertiary/aromatic N) is 2. The maximum atomic E-state index is 11.9. The minimum atomic E-state index is -0.942. The summed E-state index contributed by atoms with van der Waals surface area (Å²) in [5.74, 6) is -1.77. The Morgan fingerprint density at radius 2 is 2.22 bits per heavy atom. The SMILES string of the molecule is CC(C)N1C(=O)CC(C(=O)O)C1c1ccccn1. The summed E-state index contributed by atoms with van der Waals surface area (Å²) in [5, 5.41) is 9.26. The largest absolute Gasteiger partial charge is 0.481 e. The highest BCUT2D eigenvalue weighted by molar-refractivity contribution is 5.87. The summed E-state index contributed by atoms with van der Waals surface area (Å²) in [7, 11) is 0. The predicted molar refractivity (Wildman–Crippen MR) is 64.7 cm³/mol. The van der Waals surface area contributed by atoms with Crippen LogP contribution in [0.2, 0.25) is 0 Å². The number of aromatic nitrogens is 1. The number of carboxylic acids is 1. The highest BCUT2D eigenvalue weighted by atomic mass is 16.4. The van der Waals surface area contributed by atoms with Gasteiger partial charge in [-0.25, -0.2) is 0 Å². The Labute approximate surface area is 105 Å². The minimum Gasteiger partial charge on any atom is -0.481 e. The molecular weight excluding hydrogens is 232 g/mol. The van der Waals surface area contributed by atoms with Gasteiger partial charge in [0.05, 0.1) is 17.7 Å². The van der Waals surface area contributed by atoms with Crippen molar-refractivity contribution in [3.8, 4) is 0 Å². The van der Waals surface area contributed by atoms with Gasteiger partial charge in [-0.15, -0.1) is 0 Å². The smallest absolute Gasteiger partial charge is 0.309 e. The fourth-order valence-electron chi connectivity index (χ4n) is 2.49. The van der Waals surface area contributed by atoms with Crippen molar-refractivity contribution >= 4 is 11.9 Å². The molecule has 2 rings (SSSR count). The van der Waals surface area contributed by atoms with Gasteiger partial charge in [-0.1, -0.05) is 6.07 Å². The third-order valence-corrected chi connectivity index (χ3v) is 3.23. The molecular formula is C13H16N2O3. The molecule has 0 radical (unpaired) electrons. The number of hydrogen-bond acceptors (Lipinski definition) is 3. The van der Waals surface area contributed by atoms with E-state index in [1.54, 1.807) is 23.2 Å². The zero-order valence-corrected chi connectivity index (χ0v) is 10.4. The number of amides is 1. The molecule has 0 spiro atoms. The van der Waals surface area contributed by atoms with Gasteiger partial charge >= 0.3 is 5.97 Å². The average molecular weight is 248 g/mol. The maximum Gasteiger partial charge on any atom is 0.309 e. The van der Waals surface area contributed by atoms with Crippen molar-refractivity contribution in [2.45, 2.75) is 32.4 Å². The Morgan fingerprint density at radius 1 is 1.50 bits per heavy atom. The van der Waals surface area contributed by atoms with E-state index in [-0.39, 0.29) is 18.4 Å². The van der Waals surface area contributed by atoms with Gasteiger partial charge < -0.3 is 10.0 Å².